The Morgan fingerprint density at radius 2 is 1.74 bits per heavy atom. The average Bonchev–Trinajstić information content (AvgIpc) is 2.83. The van der Waals surface area contributed by atoms with Crippen molar-refractivity contribution in [2.75, 3.05) is 56.6 Å². The van der Waals surface area contributed by atoms with Crippen molar-refractivity contribution >= 4 is 23.3 Å². The lowest BCUT2D eigenvalue weighted by atomic mass is 10.1. The highest BCUT2D eigenvalue weighted by molar-refractivity contribution is 6.07. The third-order valence-corrected chi connectivity index (χ3v) is 5.58. The largest absolute Gasteiger partial charge is 0.496 e. The summed E-state index contributed by atoms with van der Waals surface area (Å²) in [5, 5.41) is 6.24. The zero-order chi connectivity index (χ0) is 24.7. The Bertz CT molecular complexity index is 976. The van der Waals surface area contributed by atoms with Crippen molar-refractivity contribution in [1.82, 2.24) is 15.2 Å². The van der Waals surface area contributed by atoms with Crippen molar-refractivity contribution in [3.63, 3.8) is 0 Å². The zero-order valence-corrected chi connectivity index (χ0v) is 20.9. The van der Waals surface area contributed by atoms with Crippen LogP contribution >= 0.6 is 0 Å². The van der Waals surface area contributed by atoms with Gasteiger partial charge in [0.05, 0.1) is 30.1 Å². The number of piperazine rings is 1. The Morgan fingerprint density at radius 3 is 2.35 bits per heavy atom. The lowest BCUT2D eigenvalue weighted by Gasteiger charge is -2.32. The summed E-state index contributed by atoms with van der Waals surface area (Å²) < 4.78 is 5.32. The van der Waals surface area contributed by atoms with Gasteiger partial charge in [-0.3, -0.25) is 9.59 Å². The van der Waals surface area contributed by atoms with E-state index in [2.05, 4.69) is 48.2 Å². The fourth-order valence-electron chi connectivity index (χ4n) is 4.13. The van der Waals surface area contributed by atoms with Crippen molar-refractivity contribution in [2.45, 2.75) is 27.7 Å². The van der Waals surface area contributed by atoms with Gasteiger partial charge in [-0.2, -0.15) is 0 Å². The minimum absolute atomic E-state index is 0.0585. The van der Waals surface area contributed by atoms with E-state index in [9.17, 15) is 9.59 Å². The van der Waals surface area contributed by atoms with E-state index in [0.29, 0.717) is 53.3 Å². The maximum atomic E-state index is 13.8. The van der Waals surface area contributed by atoms with Crippen LogP contribution < -0.4 is 20.3 Å². The molecule has 3 rings (SSSR count). The number of benzene rings is 1. The topological polar surface area (TPSA) is 86.8 Å². The van der Waals surface area contributed by atoms with E-state index in [1.54, 1.807) is 30.5 Å². The third kappa shape index (κ3) is 6.47. The number of amides is 2. The summed E-state index contributed by atoms with van der Waals surface area (Å²) in [4.78, 5) is 35.5. The molecule has 0 radical (unpaired) electrons. The van der Waals surface area contributed by atoms with Crippen molar-refractivity contribution in [3.05, 3.63) is 47.7 Å². The van der Waals surface area contributed by atoms with E-state index >= 15 is 0 Å². The molecule has 8 heteroatoms. The van der Waals surface area contributed by atoms with Crippen LogP contribution in [0.3, 0.4) is 0 Å². The molecule has 0 bridgehead atoms. The van der Waals surface area contributed by atoms with Crippen LogP contribution in [0.15, 0.2) is 36.5 Å². The highest BCUT2D eigenvalue weighted by atomic mass is 16.5. The molecular weight excluding hydrogens is 430 g/mol. The van der Waals surface area contributed by atoms with Gasteiger partial charge in [-0.15, -0.1) is 0 Å². The number of nitrogens with zero attached hydrogens (tertiary/aromatic N) is 3. The predicted molar refractivity (Wildman–Crippen MR) is 136 cm³/mol. The number of ether oxygens (including phenoxy) is 1. The highest BCUT2D eigenvalue weighted by Crippen LogP contribution is 2.26. The number of carbonyl (C=O) groups excluding carboxylic acids is 2. The van der Waals surface area contributed by atoms with Crippen LogP contribution in [0.5, 0.6) is 5.75 Å². The molecule has 1 aliphatic heterocycles. The van der Waals surface area contributed by atoms with E-state index in [0.717, 1.165) is 26.2 Å². The molecule has 0 aliphatic carbocycles. The SMILES string of the molecule is COc1ccccc1C(=O)Nc1cnc(N2CCNCC2)c(C(=O)N(CC(C)C)CC(C)C)c1. The first-order valence-corrected chi connectivity index (χ1v) is 12.0. The third-order valence-electron chi connectivity index (χ3n) is 5.58. The minimum atomic E-state index is -0.311. The van der Waals surface area contributed by atoms with E-state index in [4.69, 9.17) is 4.74 Å². The lowest BCUT2D eigenvalue weighted by molar-refractivity contribution is 0.0715. The molecule has 1 fully saturated rings. The van der Waals surface area contributed by atoms with Gasteiger partial charge in [0, 0.05) is 39.3 Å². The summed E-state index contributed by atoms with van der Waals surface area (Å²) >= 11 is 0. The molecule has 2 aromatic rings. The summed E-state index contributed by atoms with van der Waals surface area (Å²) in [6.45, 7) is 13.0. The smallest absolute Gasteiger partial charge is 0.259 e. The van der Waals surface area contributed by atoms with Crippen LogP contribution in [-0.4, -0.2) is 68.1 Å². The van der Waals surface area contributed by atoms with Gasteiger partial charge in [-0.25, -0.2) is 4.98 Å². The summed E-state index contributed by atoms with van der Waals surface area (Å²) in [6, 6.07) is 8.80. The summed E-state index contributed by atoms with van der Waals surface area (Å²) in [6.07, 6.45) is 1.62. The first-order valence-electron chi connectivity index (χ1n) is 12.0. The van der Waals surface area contributed by atoms with Crippen LogP contribution in [-0.2, 0) is 0 Å². The van der Waals surface area contributed by atoms with Crippen molar-refractivity contribution < 1.29 is 14.3 Å². The molecule has 8 nitrogen and oxygen atoms in total. The molecule has 1 aromatic heterocycles. The second kappa shape index (κ2) is 11.8. The van der Waals surface area contributed by atoms with Gasteiger partial charge < -0.3 is 25.2 Å². The first-order chi connectivity index (χ1) is 16.3. The first kappa shape index (κ1) is 25.5. The normalized spacial score (nSPS) is 13.8. The van der Waals surface area contributed by atoms with E-state index in [1.165, 1.54) is 7.11 Å². The van der Waals surface area contributed by atoms with Gasteiger partial charge in [0.15, 0.2) is 0 Å². The number of hydrogen-bond donors (Lipinski definition) is 2. The summed E-state index contributed by atoms with van der Waals surface area (Å²) in [7, 11) is 1.53. The molecule has 0 saturated carbocycles. The number of aromatic nitrogens is 1. The fraction of sp³-hybridized carbons (Fsp3) is 0.500. The Labute approximate surface area is 202 Å². The molecule has 184 valence electrons. The molecule has 2 heterocycles. The Kier molecular flexibility index (Phi) is 8.87. The number of rotatable bonds is 9. The molecule has 0 unspecified atom stereocenters. The monoisotopic (exact) mass is 467 g/mol. The standard InChI is InChI=1S/C26H37N5O3/c1-18(2)16-31(17-19(3)4)26(33)22-14-20(15-28-24(22)30-12-10-27-11-13-30)29-25(32)21-8-6-7-9-23(21)34-5/h6-9,14-15,18-19,27H,10-13,16-17H2,1-5H3,(H,29,32). The van der Waals surface area contributed by atoms with Crippen LogP contribution in [0.2, 0.25) is 0 Å². The maximum Gasteiger partial charge on any atom is 0.259 e. The van der Waals surface area contributed by atoms with Crippen LogP contribution in [0.1, 0.15) is 48.4 Å². The average molecular weight is 468 g/mol. The van der Waals surface area contributed by atoms with E-state index in [-0.39, 0.29) is 11.8 Å². The predicted octanol–water partition coefficient (Wildman–Crippen LogP) is 3.51. The lowest BCUT2D eigenvalue weighted by Crippen LogP contribution is -2.45. The summed E-state index contributed by atoms with van der Waals surface area (Å²) in [5.41, 5.74) is 1.42. The van der Waals surface area contributed by atoms with Crippen molar-refractivity contribution in [3.8, 4) is 5.75 Å². The van der Waals surface area contributed by atoms with Gasteiger partial charge in [0.1, 0.15) is 11.6 Å². The number of anilines is 2. The van der Waals surface area contributed by atoms with Crippen LogP contribution in [0.4, 0.5) is 11.5 Å². The maximum absolute atomic E-state index is 13.8. The second-order valence-corrected chi connectivity index (χ2v) is 9.48. The number of carbonyl (C=O) groups is 2. The Hall–Kier alpha value is -3.13. The van der Waals surface area contributed by atoms with Gasteiger partial charge >= 0.3 is 0 Å². The molecule has 1 aliphatic rings. The van der Waals surface area contributed by atoms with Gasteiger partial charge in [-0.05, 0) is 30.0 Å². The molecule has 0 atom stereocenters. The van der Waals surface area contributed by atoms with Gasteiger partial charge in [0.2, 0.25) is 0 Å². The number of hydrogen-bond acceptors (Lipinski definition) is 6. The van der Waals surface area contributed by atoms with Crippen LogP contribution in [0.25, 0.3) is 0 Å². The Morgan fingerprint density at radius 1 is 1.09 bits per heavy atom. The fourth-order valence-corrected chi connectivity index (χ4v) is 4.13. The number of pyridine rings is 1. The molecule has 0 spiro atoms. The van der Waals surface area contributed by atoms with E-state index in [1.807, 2.05) is 11.0 Å². The molecular formula is C26H37N5O3. The van der Waals surface area contributed by atoms with Gasteiger partial charge in [-0.1, -0.05) is 39.8 Å². The number of para-hydroxylation sites is 1. The number of nitrogens with one attached hydrogen (secondary N) is 2. The molecule has 2 N–H and O–H groups in total. The van der Waals surface area contributed by atoms with Crippen LogP contribution in [0, 0.1) is 11.8 Å². The molecule has 1 aromatic carbocycles. The van der Waals surface area contributed by atoms with Crippen molar-refractivity contribution in [1.29, 1.82) is 0 Å². The van der Waals surface area contributed by atoms with E-state index < -0.39 is 0 Å². The summed E-state index contributed by atoms with van der Waals surface area (Å²) in [5.74, 6) is 1.46. The highest BCUT2D eigenvalue weighted by Gasteiger charge is 2.26. The van der Waals surface area contributed by atoms with Crippen molar-refractivity contribution in [2.24, 2.45) is 11.8 Å². The Balaban J connectivity index is 1.96. The zero-order valence-electron chi connectivity index (χ0n) is 20.9. The molecule has 2 amide bonds. The quantitative estimate of drug-likeness (QED) is 0.587. The molecule has 1 saturated heterocycles. The number of methoxy groups -OCH3 is 1. The second-order valence-electron chi connectivity index (χ2n) is 9.48. The van der Waals surface area contributed by atoms with Gasteiger partial charge in [0.25, 0.3) is 11.8 Å². The molecule has 34 heavy (non-hydrogen) atoms. The minimum Gasteiger partial charge on any atom is -0.496 e.